The van der Waals surface area contributed by atoms with Crippen LogP contribution in [-0.4, -0.2) is 11.7 Å². The number of aliphatic hydroxyl groups is 1. The van der Waals surface area contributed by atoms with Gasteiger partial charge in [0.2, 0.25) is 0 Å². The molecule has 0 aliphatic heterocycles. The molecule has 3 nitrogen and oxygen atoms in total. The van der Waals surface area contributed by atoms with Crippen LogP contribution in [-0.2, 0) is 0 Å². The molecule has 0 radical (unpaired) electrons. The molecule has 54 valence electrons. The number of hydrogen-bond donors (Lipinski definition) is 1. The molecule has 0 saturated carbocycles. The minimum absolute atomic E-state index is 0.175. The van der Waals surface area contributed by atoms with Crippen LogP contribution < -0.4 is 0 Å². The molecule has 0 aromatic heterocycles. The molecule has 0 fully saturated rings. The number of nitriles is 2. The zero-order valence-corrected chi connectivity index (χ0v) is 5.96. The van der Waals surface area contributed by atoms with E-state index in [9.17, 15) is 0 Å². The molecule has 0 bridgehead atoms. The van der Waals surface area contributed by atoms with Crippen LogP contribution in [0.4, 0.5) is 0 Å². The fraction of sp³-hybridized carbons (Fsp3) is 0.714. The molecule has 1 N–H and O–H groups in total. The number of hydrogen-bond acceptors (Lipinski definition) is 3. The topological polar surface area (TPSA) is 67.8 Å². The highest BCUT2D eigenvalue weighted by Gasteiger charge is 2.21. The molecule has 1 atom stereocenters. The molecule has 0 aromatic carbocycles. The quantitative estimate of drug-likeness (QED) is 0.627. The molecular weight excluding hydrogens is 128 g/mol. The summed E-state index contributed by atoms with van der Waals surface area (Å²) in [5.41, 5.74) is -0.726. The van der Waals surface area contributed by atoms with Crippen molar-refractivity contribution in [3.63, 3.8) is 0 Å². The lowest BCUT2D eigenvalue weighted by Gasteiger charge is -2.15. The van der Waals surface area contributed by atoms with Crippen molar-refractivity contribution >= 4 is 0 Å². The molecule has 0 saturated heterocycles. The average molecular weight is 138 g/mol. The number of nitrogens with zero attached hydrogens (tertiary/aromatic N) is 2. The van der Waals surface area contributed by atoms with Gasteiger partial charge in [-0.15, -0.1) is 0 Å². The second-order valence-corrected chi connectivity index (χ2v) is 2.49. The molecule has 0 aliphatic rings. The van der Waals surface area contributed by atoms with Crippen LogP contribution in [0.2, 0.25) is 0 Å². The SMILES string of the molecule is CC(C#N)(CO)CCC#N. The molecule has 0 aromatic rings. The third kappa shape index (κ3) is 2.48. The zero-order chi connectivity index (χ0) is 8.04. The Hall–Kier alpha value is -1.06. The van der Waals surface area contributed by atoms with Gasteiger partial charge in [0.05, 0.1) is 24.2 Å². The van der Waals surface area contributed by atoms with E-state index in [4.69, 9.17) is 15.6 Å². The van der Waals surface area contributed by atoms with Gasteiger partial charge in [0, 0.05) is 6.42 Å². The van der Waals surface area contributed by atoms with Crippen LogP contribution in [0, 0.1) is 28.1 Å². The number of aliphatic hydroxyl groups excluding tert-OH is 1. The smallest absolute Gasteiger partial charge is 0.0786 e. The lowest BCUT2D eigenvalue weighted by atomic mass is 9.89. The van der Waals surface area contributed by atoms with Crippen molar-refractivity contribution in [1.29, 1.82) is 10.5 Å². The summed E-state index contributed by atoms with van der Waals surface area (Å²) in [6.45, 7) is 1.47. The van der Waals surface area contributed by atoms with Crippen molar-refractivity contribution in [1.82, 2.24) is 0 Å². The van der Waals surface area contributed by atoms with E-state index >= 15 is 0 Å². The highest BCUT2D eigenvalue weighted by atomic mass is 16.3. The molecule has 10 heavy (non-hydrogen) atoms. The summed E-state index contributed by atoms with van der Waals surface area (Å²) in [6, 6.07) is 3.89. The van der Waals surface area contributed by atoms with Crippen LogP contribution in [0.3, 0.4) is 0 Å². The maximum absolute atomic E-state index is 8.68. The van der Waals surface area contributed by atoms with Crippen LogP contribution >= 0.6 is 0 Å². The van der Waals surface area contributed by atoms with Gasteiger partial charge in [-0.2, -0.15) is 10.5 Å². The van der Waals surface area contributed by atoms with Crippen molar-refractivity contribution in [2.75, 3.05) is 6.61 Å². The summed E-state index contributed by atoms with van der Waals surface area (Å²) >= 11 is 0. The van der Waals surface area contributed by atoms with Gasteiger partial charge in [-0.3, -0.25) is 0 Å². The normalized spacial score (nSPS) is 14.8. The average Bonchev–Trinajstić information content (AvgIpc) is 2.00. The van der Waals surface area contributed by atoms with E-state index in [0.29, 0.717) is 12.8 Å². The Balaban J connectivity index is 3.87. The Morgan fingerprint density at radius 2 is 2.10 bits per heavy atom. The molecule has 0 aliphatic carbocycles. The molecule has 0 heterocycles. The number of rotatable bonds is 3. The van der Waals surface area contributed by atoms with Gasteiger partial charge in [-0.1, -0.05) is 0 Å². The van der Waals surface area contributed by atoms with E-state index in [-0.39, 0.29) is 6.61 Å². The molecular formula is C7H10N2O. The van der Waals surface area contributed by atoms with Crippen LogP contribution in [0.25, 0.3) is 0 Å². The van der Waals surface area contributed by atoms with E-state index in [2.05, 4.69) is 0 Å². The van der Waals surface area contributed by atoms with Gasteiger partial charge >= 0.3 is 0 Å². The Bertz CT molecular complexity index is 177. The van der Waals surface area contributed by atoms with Crippen molar-refractivity contribution < 1.29 is 5.11 Å². The Kier molecular flexibility index (Phi) is 3.46. The van der Waals surface area contributed by atoms with E-state index in [1.165, 1.54) is 0 Å². The van der Waals surface area contributed by atoms with Crippen LogP contribution in [0.5, 0.6) is 0 Å². The van der Waals surface area contributed by atoms with Crippen molar-refractivity contribution in [2.45, 2.75) is 19.8 Å². The fourth-order valence-electron chi connectivity index (χ4n) is 0.502. The van der Waals surface area contributed by atoms with Gasteiger partial charge in [0.15, 0.2) is 0 Å². The summed E-state index contributed by atoms with van der Waals surface area (Å²) in [6.07, 6.45) is 0.765. The molecule has 3 heteroatoms. The standard InChI is InChI=1S/C7H10N2O/c1-7(5-9,6-10)3-2-4-8/h10H,2-3,6H2,1H3. The van der Waals surface area contributed by atoms with Crippen molar-refractivity contribution in [3.8, 4) is 12.1 Å². The Labute approximate surface area is 60.5 Å². The minimum atomic E-state index is -0.726. The fourth-order valence-corrected chi connectivity index (χ4v) is 0.502. The highest BCUT2D eigenvalue weighted by Crippen LogP contribution is 2.20. The first-order valence-corrected chi connectivity index (χ1v) is 3.07. The first-order valence-electron chi connectivity index (χ1n) is 3.07. The Morgan fingerprint density at radius 1 is 1.50 bits per heavy atom. The third-order valence-electron chi connectivity index (χ3n) is 1.41. The van der Waals surface area contributed by atoms with E-state index in [0.717, 1.165) is 0 Å². The maximum Gasteiger partial charge on any atom is 0.0786 e. The lowest BCUT2D eigenvalue weighted by molar-refractivity contribution is 0.183. The maximum atomic E-state index is 8.68. The summed E-state index contributed by atoms with van der Waals surface area (Å²) in [7, 11) is 0. The predicted molar refractivity (Wildman–Crippen MR) is 35.7 cm³/mol. The van der Waals surface area contributed by atoms with Gasteiger partial charge in [-0.05, 0) is 13.3 Å². The second kappa shape index (κ2) is 3.87. The first kappa shape index (κ1) is 8.94. The van der Waals surface area contributed by atoms with E-state index in [1.54, 1.807) is 6.92 Å². The summed E-state index contributed by atoms with van der Waals surface area (Å²) in [5.74, 6) is 0. The second-order valence-electron chi connectivity index (χ2n) is 2.49. The van der Waals surface area contributed by atoms with E-state index in [1.807, 2.05) is 12.1 Å². The van der Waals surface area contributed by atoms with E-state index < -0.39 is 5.41 Å². The summed E-state index contributed by atoms with van der Waals surface area (Å²) in [5, 5.41) is 25.4. The highest BCUT2D eigenvalue weighted by molar-refractivity contribution is 4.96. The lowest BCUT2D eigenvalue weighted by Crippen LogP contribution is -2.18. The predicted octanol–water partition coefficient (Wildman–Crippen LogP) is 0.812. The van der Waals surface area contributed by atoms with Crippen molar-refractivity contribution in [2.24, 2.45) is 5.41 Å². The molecule has 0 amide bonds. The zero-order valence-electron chi connectivity index (χ0n) is 5.96. The summed E-state index contributed by atoms with van der Waals surface area (Å²) < 4.78 is 0. The monoisotopic (exact) mass is 138 g/mol. The van der Waals surface area contributed by atoms with Crippen molar-refractivity contribution in [3.05, 3.63) is 0 Å². The first-order chi connectivity index (χ1) is 4.68. The van der Waals surface area contributed by atoms with Crippen LogP contribution in [0.1, 0.15) is 19.8 Å². The molecule has 0 spiro atoms. The Morgan fingerprint density at radius 3 is 2.40 bits per heavy atom. The largest absolute Gasteiger partial charge is 0.395 e. The van der Waals surface area contributed by atoms with Gasteiger partial charge in [0.1, 0.15) is 0 Å². The molecule has 0 rings (SSSR count). The van der Waals surface area contributed by atoms with Gasteiger partial charge in [0.25, 0.3) is 0 Å². The van der Waals surface area contributed by atoms with Crippen LogP contribution in [0.15, 0.2) is 0 Å². The van der Waals surface area contributed by atoms with Gasteiger partial charge in [-0.25, -0.2) is 0 Å². The minimum Gasteiger partial charge on any atom is -0.395 e. The third-order valence-corrected chi connectivity index (χ3v) is 1.41. The van der Waals surface area contributed by atoms with Gasteiger partial charge < -0.3 is 5.11 Å². The molecule has 1 unspecified atom stereocenters. The summed E-state index contributed by atoms with van der Waals surface area (Å²) in [4.78, 5) is 0.